The van der Waals surface area contributed by atoms with Gasteiger partial charge in [0.25, 0.3) is 0 Å². The van der Waals surface area contributed by atoms with E-state index in [2.05, 4.69) is 4.74 Å². The Labute approximate surface area is 111 Å². The minimum atomic E-state index is -0.570. The highest BCUT2D eigenvalue weighted by molar-refractivity contribution is 6.18. The lowest BCUT2D eigenvalue weighted by molar-refractivity contribution is -0.149. The normalized spacial score (nSPS) is 17.3. The van der Waals surface area contributed by atoms with Crippen LogP contribution in [0.4, 0.5) is 0 Å². The number of hydrogen-bond donors (Lipinski definition) is 0. The summed E-state index contributed by atoms with van der Waals surface area (Å²) in [6.07, 6.45) is 2.27. The molecule has 0 spiro atoms. The van der Waals surface area contributed by atoms with E-state index < -0.39 is 11.9 Å². The van der Waals surface area contributed by atoms with Crippen molar-refractivity contribution in [3.63, 3.8) is 0 Å². The van der Waals surface area contributed by atoms with Gasteiger partial charge in [-0.25, -0.2) is 9.59 Å². The van der Waals surface area contributed by atoms with Gasteiger partial charge < -0.3 is 9.15 Å². The first kappa shape index (κ1) is 13.3. The van der Waals surface area contributed by atoms with Gasteiger partial charge in [0.15, 0.2) is 0 Å². The van der Waals surface area contributed by atoms with Gasteiger partial charge in [-0.05, 0) is 45.7 Å². The second kappa shape index (κ2) is 4.88. The molecular formula is C15H16O4. The highest BCUT2D eigenvalue weighted by Crippen LogP contribution is 2.26. The average molecular weight is 260 g/mol. The molecule has 0 atom stereocenters. The van der Waals surface area contributed by atoms with Gasteiger partial charge in [0, 0.05) is 0 Å². The van der Waals surface area contributed by atoms with Gasteiger partial charge in [-0.1, -0.05) is 11.6 Å². The fraction of sp³-hybridized carbons (Fsp3) is 0.333. The van der Waals surface area contributed by atoms with Crippen LogP contribution in [0.5, 0.6) is 0 Å². The summed E-state index contributed by atoms with van der Waals surface area (Å²) in [5.41, 5.74) is 2.51. The summed E-state index contributed by atoms with van der Waals surface area (Å²) in [7, 11) is 0. The van der Waals surface area contributed by atoms with Gasteiger partial charge in [-0.15, -0.1) is 0 Å². The summed E-state index contributed by atoms with van der Waals surface area (Å²) in [5, 5.41) is 0. The fourth-order valence-corrected chi connectivity index (χ4v) is 2.16. The van der Waals surface area contributed by atoms with Gasteiger partial charge in [0.1, 0.15) is 11.5 Å². The summed E-state index contributed by atoms with van der Waals surface area (Å²) < 4.78 is 10.1. The lowest BCUT2D eigenvalue weighted by Gasteiger charge is -1.97. The van der Waals surface area contributed by atoms with Crippen LogP contribution in [0.2, 0.25) is 0 Å². The predicted molar refractivity (Wildman–Crippen MR) is 69.4 cm³/mol. The van der Waals surface area contributed by atoms with E-state index in [1.165, 1.54) is 0 Å². The molecule has 0 unspecified atom stereocenters. The molecule has 1 aromatic heterocycles. The molecule has 0 saturated carbocycles. The molecule has 0 aliphatic carbocycles. The molecule has 0 aromatic carbocycles. The maximum Gasteiger partial charge on any atom is 0.346 e. The molecule has 0 N–H and O–H groups in total. The molecule has 2 heterocycles. The summed E-state index contributed by atoms with van der Waals surface area (Å²) in [6.45, 7) is 7.33. The molecule has 1 aliphatic rings. The van der Waals surface area contributed by atoms with Crippen molar-refractivity contribution in [3.8, 4) is 0 Å². The van der Waals surface area contributed by atoms with Crippen molar-refractivity contribution >= 4 is 11.9 Å². The SMILES string of the molecule is CC(C)=C1C(=O)OC(=O)/C1=C/Cc1cc(C)oc1C. The van der Waals surface area contributed by atoms with E-state index in [9.17, 15) is 9.59 Å². The largest absolute Gasteiger partial charge is 0.466 e. The van der Waals surface area contributed by atoms with E-state index >= 15 is 0 Å². The Kier molecular flexibility index (Phi) is 3.42. The standard InChI is InChI=1S/C15H16O4/c1-8(2)13-12(14(16)19-15(13)17)6-5-11-7-9(3)18-10(11)4/h6-7H,5H2,1-4H3/b12-6+. The quantitative estimate of drug-likeness (QED) is 0.466. The Morgan fingerprint density at radius 3 is 2.42 bits per heavy atom. The van der Waals surface area contributed by atoms with E-state index in [-0.39, 0.29) is 0 Å². The average Bonchev–Trinajstić information content (AvgIpc) is 2.75. The number of cyclic esters (lactones) is 2. The van der Waals surface area contributed by atoms with Crippen LogP contribution in [0, 0.1) is 13.8 Å². The first-order chi connectivity index (χ1) is 8.90. The molecule has 0 amide bonds. The molecule has 0 radical (unpaired) electrons. The first-order valence-corrected chi connectivity index (χ1v) is 6.10. The summed E-state index contributed by atoms with van der Waals surface area (Å²) >= 11 is 0. The molecular weight excluding hydrogens is 244 g/mol. The van der Waals surface area contributed by atoms with Crippen LogP contribution in [-0.4, -0.2) is 11.9 Å². The van der Waals surface area contributed by atoms with Crippen molar-refractivity contribution in [1.29, 1.82) is 0 Å². The number of furan rings is 1. The molecule has 1 aliphatic heterocycles. The van der Waals surface area contributed by atoms with Gasteiger partial charge in [-0.2, -0.15) is 0 Å². The summed E-state index contributed by atoms with van der Waals surface area (Å²) in [5.74, 6) is 0.527. The smallest absolute Gasteiger partial charge is 0.346 e. The van der Waals surface area contributed by atoms with E-state index in [4.69, 9.17) is 4.42 Å². The van der Waals surface area contributed by atoms with Crippen LogP contribution in [-0.2, 0) is 20.7 Å². The number of allylic oxidation sites excluding steroid dienone is 2. The summed E-state index contributed by atoms with van der Waals surface area (Å²) in [6, 6.07) is 1.93. The number of carbonyl (C=O) groups is 2. The molecule has 4 nitrogen and oxygen atoms in total. The van der Waals surface area contributed by atoms with E-state index in [1.807, 2.05) is 19.9 Å². The van der Waals surface area contributed by atoms with Crippen molar-refractivity contribution in [2.75, 3.05) is 0 Å². The fourth-order valence-electron chi connectivity index (χ4n) is 2.16. The Balaban J connectivity index is 2.32. The van der Waals surface area contributed by atoms with Crippen molar-refractivity contribution in [2.45, 2.75) is 34.1 Å². The Bertz CT molecular complexity index is 610. The highest BCUT2D eigenvalue weighted by atomic mass is 16.6. The lowest BCUT2D eigenvalue weighted by Crippen LogP contribution is -1.97. The third-order valence-corrected chi connectivity index (χ3v) is 3.05. The third-order valence-electron chi connectivity index (χ3n) is 3.05. The second-order valence-corrected chi connectivity index (χ2v) is 4.81. The lowest BCUT2D eigenvalue weighted by atomic mass is 10.0. The Hall–Kier alpha value is -2.10. The second-order valence-electron chi connectivity index (χ2n) is 4.81. The third kappa shape index (κ3) is 2.52. The van der Waals surface area contributed by atoms with Crippen molar-refractivity contribution < 1.29 is 18.7 Å². The molecule has 19 heavy (non-hydrogen) atoms. The predicted octanol–water partition coefficient (Wildman–Crippen LogP) is 2.79. The zero-order valence-corrected chi connectivity index (χ0v) is 11.5. The van der Waals surface area contributed by atoms with Crippen LogP contribution in [0.1, 0.15) is 30.9 Å². The van der Waals surface area contributed by atoms with E-state index in [0.29, 0.717) is 17.6 Å². The van der Waals surface area contributed by atoms with Crippen LogP contribution < -0.4 is 0 Å². The van der Waals surface area contributed by atoms with Crippen LogP contribution in [0.25, 0.3) is 0 Å². The molecule has 1 aromatic rings. The van der Waals surface area contributed by atoms with Crippen molar-refractivity contribution in [3.05, 3.63) is 45.9 Å². The monoisotopic (exact) mass is 260 g/mol. The van der Waals surface area contributed by atoms with Crippen molar-refractivity contribution in [1.82, 2.24) is 0 Å². The topological polar surface area (TPSA) is 56.5 Å². The summed E-state index contributed by atoms with van der Waals surface area (Å²) in [4.78, 5) is 23.2. The molecule has 100 valence electrons. The van der Waals surface area contributed by atoms with Crippen LogP contribution in [0.3, 0.4) is 0 Å². The molecule has 4 heteroatoms. The van der Waals surface area contributed by atoms with Crippen LogP contribution >= 0.6 is 0 Å². The van der Waals surface area contributed by atoms with Crippen LogP contribution in [0.15, 0.2) is 33.3 Å². The van der Waals surface area contributed by atoms with E-state index in [1.54, 1.807) is 19.9 Å². The zero-order chi connectivity index (χ0) is 14.2. The first-order valence-electron chi connectivity index (χ1n) is 6.10. The molecule has 1 fully saturated rings. The maximum absolute atomic E-state index is 11.6. The Morgan fingerprint density at radius 1 is 1.21 bits per heavy atom. The minimum Gasteiger partial charge on any atom is -0.466 e. The van der Waals surface area contributed by atoms with Gasteiger partial charge >= 0.3 is 11.9 Å². The van der Waals surface area contributed by atoms with Gasteiger partial charge in [0.05, 0.1) is 11.1 Å². The van der Waals surface area contributed by atoms with E-state index in [0.717, 1.165) is 22.7 Å². The van der Waals surface area contributed by atoms with Gasteiger partial charge in [0.2, 0.25) is 0 Å². The number of rotatable bonds is 2. The van der Waals surface area contributed by atoms with Crippen molar-refractivity contribution in [2.24, 2.45) is 0 Å². The molecule has 2 rings (SSSR count). The highest BCUT2D eigenvalue weighted by Gasteiger charge is 2.33. The Morgan fingerprint density at radius 2 is 1.89 bits per heavy atom. The number of esters is 2. The number of aryl methyl sites for hydroxylation is 2. The van der Waals surface area contributed by atoms with Gasteiger partial charge in [-0.3, -0.25) is 0 Å². The number of hydrogen-bond acceptors (Lipinski definition) is 4. The zero-order valence-electron chi connectivity index (χ0n) is 11.5. The number of ether oxygens (including phenoxy) is 1. The molecule has 1 saturated heterocycles. The molecule has 0 bridgehead atoms. The minimum absolute atomic E-state index is 0.350. The maximum atomic E-state index is 11.6. The number of carbonyl (C=O) groups excluding carboxylic acids is 2.